The zero-order chi connectivity index (χ0) is 20.6. The number of benzene rings is 2. The topological polar surface area (TPSA) is 118 Å². The predicted octanol–water partition coefficient (Wildman–Crippen LogP) is 2.23. The van der Waals surface area contributed by atoms with Gasteiger partial charge >= 0.3 is 0 Å². The van der Waals surface area contributed by atoms with Crippen molar-refractivity contribution in [3.8, 4) is 0 Å². The van der Waals surface area contributed by atoms with Crippen molar-refractivity contribution in [3.05, 3.63) is 58.4 Å². The van der Waals surface area contributed by atoms with Gasteiger partial charge in [0.25, 0.3) is 5.91 Å². The molecule has 28 heavy (non-hydrogen) atoms. The molecule has 7 nitrogen and oxygen atoms in total. The molecule has 0 bridgehead atoms. The van der Waals surface area contributed by atoms with E-state index in [-0.39, 0.29) is 33.3 Å². The molecule has 4 N–H and O–H groups in total. The lowest BCUT2D eigenvalue weighted by atomic mass is 10.1. The summed E-state index contributed by atoms with van der Waals surface area (Å²) in [6.45, 7) is 3.11. The third-order valence-electron chi connectivity index (χ3n) is 4.54. The number of sulfonamides is 1. The number of anilines is 1. The number of rotatable bonds is 6. The van der Waals surface area contributed by atoms with E-state index in [4.69, 9.17) is 5.73 Å². The number of halogens is 1. The van der Waals surface area contributed by atoms with Crippen molar-refractivity contribution < 1.29 is 22.4 Å². The minimum Gasteiger partial charge on any atom is -0.366 e. The first-order valence-electron chi connectivity index (χ1n) is 8.63. The second-order valence-electron chi connectivity index (χ2n) is 6.82. The second kappa shape index (κ2) is 7.33. The summed E-state index contributed by atoms with van der Waals surface area (Å²) < 4.78 is 41.4. The van der Waals surface area contributed by atoms with Gasteiger partial charge in [0.1, 0.15) is 5.82 Å². The number of aryl methyl sites for hydroxylation is 1. The smallest absolute Gasteiger partial charge is 0.255 e. The third kappa shape index (κ3) is 4.20. The average molecular weight is 405 g/mol. The van der Waals surface area contributed by atoms with Crippen LogP contribution < -0.4 is 15.8 Å². The summed E-state index contributed by atoms with van der Waals surface area (Å²) in [6, 6.07) is 6.45. The molecule has 0 saturated heterocycles. The van der Waals surface area contributed by atoms with Crippen LogP contribution in [0.25, 0.3) is 0 Å². The molecule has 0 radical (unpaired) electrons. The number of hydrogen-bond acceptors (Lipinski definition) is 4. The Labute approximate surface area is 162 Å². The molecule has 2 aromatic carbocycles. The molecule has 0 spiro atoms. The van der Waals surface area contributed by atoms with Crippen LogP contribution >= 0.6 is 0 Å². The first kappa shape index (κ1) is 20.0. The van der Waals surface area contributed by atoms with E-state index in [1.54, 1.807) is 6.92 Å². The molecule has 0 aliphatic heterocycles. The van der Waals surface area contributed by atoms with Crippen LogP contribution in [-0.4, -0.2) is 26.3 Å². The van der Waals surface area contributed by atoms with Crippen molar-refractivity contribution in [1.29, 1.82) is 0 Å². The van der Waals surface area contributed by atoms with Crippen molar-refractivity contribution in [3.63, 3.8) is 0 Å². The van der Waals surface area contributed by atoms with Crippen LogP contribution in [0.3, 0.4) is 0 Å². The van der Waals surface area contributed by atoms with E-state index >= 15 is 0 Å². The molecule has 2 aromatic rings. The number of primary amides is 1. The monoisotopic (exact) mass is 405 g/mol. The average Bonchev–Trinajstić information content (AvgIpc) is 3.41. The molecule has 0 heterocycles. The van der Waals surface area contributed by atoms with Gasteiger partial charge in [0.15, 0.2) is 0 Å². The summed E-state index contributed by atoms with van der Waals surface area (Å²) in [5.41, 5.74) is 6.00. The van der Waals surface area contributed by atoms with Gasteiger partial charge in [-0.15, -0.1) is 0 Å². The number of hydrogen-bond donors (Lipinski definition) is 3. The Balaban J connectivity index is 1.93. The van der Waals surface area contributed by atoms with Gasteiger partial charge < -0.3 is 11.1 Å². The highest BCUT2D eigenvalue weighted by molar-refractivity contribution is 7.89. The van der Waals surface area contributed by atoms with Gasteiger partial charge in [0.2, 0.25) is 15.9 Å². The van der Waals surface area contributed by atoms with Gasteiger partial charge in [-0.3, -0.25) is 9.59 Å². The van der Waals surface area contributed by atoms with Crippen LogP contribution in [0.1, 0.15) is 44.7 Å². The summed E-state index contributed by atoms with van der Waals surface area (Å²) in [5.74, 6) is -2.14. The zero-order valence-electron chi connectivity index (χ0n) is 15.4. The second-order valence-corrected chi connectivity index (χ2v) is 8.54. The van der Waals surface area contributed by atoms with Crippen LogP contribution in [0.15, 0.2) is 35.2 Å². The van der Waals surface area contributed by atoms with Crippen LogP contribution in [0.4, 0.5) is 10.1 Å². The lowest BCUT2D eigenvalue weighted by Crippen LogP contribution is -2.26. The lowest BCUT2D eigenvalue weighted by Gasteiger charge is -2.13. The van der Waals surface area contributed by atoms with E-state index < -0.39 is 27.7 Å². The fraction of sp³-hybridized carbons (Fsp3) is 0.263. The van der Waals surface area contributed by atoms with Gasteiger partial charge in [0.05, 0.1) is 4.90 Å². The molecule has 1 saturated carbocycles. The van der Waals surface area contributed by atoms with E-state index in [2.05, 4.69) is 10.0 Å². The maximum Gasteiger partial charge on any atom is 0.255 e. The molecule has 2 amide bonds. The van der Waals surface area contributed by atoms with E-state index in [1.165, 1.54) is 31.2 Å². The van der Waals surface area contributed by atoms with Gasteiger partial charge in [-0.25, -0.2) is 17.5 Å². The van der Waals surface area contributed by atoms with Crippen LogP contribution in [-0.2, 0) is 10.0 Å². The summed E-state index contributed by atoms with van der Waals surface area (Å²) in [4.78, 5) is 24.0. The number of amides is 2. The number of nitrogens with one attached hydrogen (secondary N) is 2. The van der Waals surface area contributed by atoms with Crippen LogP contribution in [0.2, 0.25) is 0 Å². The number of nitrogens with two attached hydrogens (primary N) is 1. The van der Waals surface area contributed by atoms with Crippen molar-refractivity contribution in [2.75, 3.05) is 5.32 Å². The van der Waals surface area contributed by atoms with Crippen molar-refractivity contribution >= 4 is 27.5 Å². The highest BCUT2D eigenvalue weighted by atomic mass is 32.2. The van der Waals surface area contributed by atoms with Gasteiger partial charge in [0, 0.05) is 28.4 Å². The Bertz CT molecular complexity index is 1080. The Morgan fingerprint density at radius 3 is 2.43 bits per heavy atom. The first-order valence-corrected chi connectivity index (χ1v) is 10.1. The van der Waals surface area contributed by atoms with Crippen molar-refractivity contribution in [2.45, 2.75) is 37.6 Å². The maximum atomic E-state index is 14.0. The van der Waals surface area contributed by atoms with Crippen LogP contribution in [0.5, 0.6) is 0 Å². The summed E-state index contributed by atoms with van der Waals surface area (Å²) in [6.07, 6.45) is 1.58. The van der Waals surface area contributed by atoms with Crippen molar-refractivity contribution in [1.82, 2.24) is 4.72 Å². The summed E-state index contributed by atoms with van der Waals surface area (Å²) in [5, 5.41) is 2.53. The Kier molecular flexibility index (Phi) is 5.22. The molecule has 1 aliphatic rings. The Morgan fingerprint density at radius 2 is 1.82 bits per heavy atom. The highest BCUT2D eigenvalue weighted by Crippen LogP contribution is 2.25. The predicted molar refractivity (Wildman–Crippen MR) is 102 cm³/mol. The quantitative estimate of drug-likeness (QED) is 0.683. The minimum atomic E-state index is -3.73. The van der Waals surface area contributed by atoms with Crippen molar-refractivity contribution in [2.24, 2.45) is 5.73 Å². The lowest BCUT2D eigenvalue weighted by molar-refractivity contribution is 0.0995. The third-order valence-corrected chi connectivity index (χ3v) is 6.06. The molecule has 148 valence electrons. The fourth-order valence-corrected chi connectivity index (χ4v) is 3.97. The standard InChI is InChI=1S/C19H20FN3O4S/c1-10-3-6-14(28(26,27)23-13-4-5-13)9-15(10)19(25)22-17-8-12(18(21)24)7-16(20)11(17)2/h3,6-9,13,23H,4-5H2,1-2H3,(H2,21,24)(H,22,25). The normalized spacial score (nSPS) is 14.0. The first-order chi connectivity index (χ1) is 13.1. The van der Waals surface area contributed by atoms with E-state index in [1.807, 2.05) is 0 Å². The SMILES string of the molecule is Cc1ccc(S(=O)(=O)NC2CC2)cc1C(=O)Nc1cc(C(N)=O)cc(F)c1C. The molecule has 3 rings (SSSR count). The number of carbonyl (C=O) groups excluding carboxylic acids is 2. The van der Waals surface area contributed by atoms with Gasteiger partial charge in [-0.05, 0) is 56.5 Å². The van der Waals surface area contributed by atoms with E-state index in [0.717, 1.165) is 18.9 Å². The molecular weight excluding hydrogens is 385 g/mol. The largest absolute Gasteiger partial charge is 0.366 e. The Hall–Kier alpha value is -2.78. The van der Waals surface area contributed by atoms with E-state index in [9.17, 15) is 22.4 Å². The fourth-order valence-electron chi connectivity index (χ4n) is 2.64. The van der Waals surface area contributed by atoms with Crippen LogP contribution in [0, 0.1) is 19.7 Å². The van der Waals surface area contributed by atoms with Gasteiger partial charge in [-0.1, -0.05) is 6.07 Å². The molecule has 1 aliphatic carbocycles. The maximum absolute atomic E-state index is 14.0. The molecule has 0 unspecified atom stereocenters. The Morgan fingerprint density at radius 1 is 1.14 bits per heavy atom. The highest BCUT2D eigenvalue weighted by Gasteiger charge is 2.28. The minimum absolute atomic E-state index is 0.0241. The molecule has 1 fully saturated rings. The molecule has 0 aromatic heterocycles. The molecule has 0 atom stereocenters. The van der Waals surface area contributed by atoms with E-state index in [0.29, 0.717) is 5.56 Å². The molecular formula is C19H20FN3O4S. The zero-order valence-corrected chi connectivity index (χ0v) is 16.2. The van der Waals surface area contributed by atoms with Gasteiger partial charge in [-0.2, -0.15) is 0 Å². The summed E-state index contributed by atoms with van der Waals surface area (Å²) >= 11 is 0. The summed E-state index contributed by atoms with van der Waals surface area (Å²) in [7, 11) is -3.73. The molecule has 9 heteroatoms. The number of carbonyl (C=O) groups is 2.